The smallest absolute Gasteiger partial charge is 0.225 e. The van der Waals surface area contributed by atoms with Gasteiger partial charge in [-0.2, -0.15) is 5.23 Å². The summed E-state index contributed by atoms with van der Waals surface area (Å²) in [5.41, 5.74) is 7.43. The van der Waals surface area contributed by atoms with Gasteiger partial charge in [-0.05, 0) is 17.5 Å². The molecule has 0 bridgehead atoms. The molecular formula is C15H16N2O3. The molecule has 1 amide bonds. The summed E-state index contributed by atoms with van der Waals surface area (Å²) in [6, 6.07) is 15.8. The first-order chi connectivity index (χ1) is 9.58. The molecule has 2 aromatic carbocycles. The van der Waals surface area contributed by atoms with Gasteiger partial charge in [-0.15, -0.1) is 0 Å². The molecule has 4 N–H and O–H groups in total. The fourth-order valence-electron chi connectivity index (χ4n) is 2.09. The Morgan fingerprint density at radius 3 is 2.25 bits per heavy atom. The molecule has 5 heteroatoms. The van der Waals surface area contributed by atoms with Gasteiger partial charge in [-0.1, -0.05) is 42.5 Å². The topological polar surface area (TPSA) is 90.8 Å². The number of nitrogens with two attached hydrogens (primary N) is 1. The van der Waals surface area contributed by atoms with Crippen LogP contribution in [0.4, 0.5) is 5.69 Å². The first kappa shape index (κ1) is 14.2. The number of rotatable bonds is 5. The Hall–Kier alpha value is -2.21. The molecule has 0 heterocycles. The van der Waals surface area contributed by atoms with Crippen LogP contribution in [-0.4, -0.2) is 11.1 Å². The van der Waals surface area contributed by atoms with E-state index in [4.69, 9.17) is 10.9 Å². The second-order valence-electron chi connectivity index (χ2n) is 4.57. The van der Waals surface area contributed by atoms with E-state index in [1.54, 1.807) is 12.1 Å². The van der Waals surface area contributed by atoms with Crippen molar-refractivity contribution in [3.63, 3.8) is 0 Å². The Morgan fingerprint density at radius 2 is 1.75 bits per heavy atom. The number of hydrogen-bond donors (Lipinski definition) is 3. The largest absolute Gasteiger partial charge is 0.595 e. The van der Waals surface area contributed by atoms with Crippen LogP contribution in [0.25, 0.3) is 0 Å². The van der Waals surface area contributed by atoms with Crippen LogP contribution in [0.15, 0.2) is 54.6 Å². The van der Waals surface area contributed by atoms with Crippen molar-refractivity contribution in [2.45, 2.75) is 12.3 Å². The third-order valence-corrected chi connectivity index (χ3v) is 3.19. The van der Waals surface area contributed by atoms with Gasteiger partial charge in [-0.3, -0.25) is 4.79 Å². The molecule has 2 atom stereocenters. The van der Waals surface area contributed by atoms with Crippen molar-refractivity contribution in [1.82, 2.24) is 0 Å². The van der Waals surface area contributed by atoms with Gasteiger partial charge in [0, 0.05) is 12.1 Å². The van der Waals surface area contributed by atoms with E-state index >= 15 is 0 Å². The predicted octanol–water partition coefficient (Wildman–Crippen LogP) is 0.902. The average molecular weight is 272 g/mol. The summed E-state index contributed by atoms with van der Waals surface area (Å²) in [5, 5.41) is 18.7. The van der Waals surface area contributed by atoms with Crippen molar-refractivity contribution in [1.29, 1.82) is 0 Å². The van der Waals surface area contributed by atoms with Crippen molar-refractivity contribution >= 4 is 11.6 Å². The molecule has 0 fully saturated rings. The van der Waals surface area contributed by atoms with Gasteiger partial charge < -0.3 is 10.9 Å². The maximum atomic E-state index is 11.6. The van der Waals surface area contributed by atoms with Crippen LogP contribution < -0.4 is 11.0 Å². The van der Waals surface area contributed by atoms with E-state index in [0.29, 0.717) is 6.42 Å². The zero-order chi connectivity index (χ0) is 14.5. The number of primary amides is 1. The summed E-state index contributed by atoms with van der Waals surface area (Å²) >= 11 is 0. The molecule has 20 heavy (non-hydrogen) atoms. The fraction of sp³-hybridized carbons (Fsp3) is 0.133. The molecule has 0 aliphatic carbocycles. The minimum absolute atomic E-state index is 0.226. The monoisotopic (exact) mass is 272 g/mol. The molecule has 5 nitrogen and oxygen atoms in total. The Balaban J connectivity index is 2.19. The van der Waals surface area contributed by atoms with Gasteiger partial charge in [0.1, 0.15) is 0 Å². The summed E-state index contributed by atoms with van der Waals surface area (Å²) in [6.45, 7) is 0. The van der Waals surface area contributed by atoms with E-state index in [1.165, 1.54) is 12.1 Å². The maximum absolute atomic E-state index is 11.6. The first-order valence-corrected chi connectivity index (χ1v) is 6.24. The number of nitrogens with one attached hydrogen (secondary N) is 1. The highest BCUT2D eigenvalue weighted by atomic mass is 16.8. The molecule has 0 spiro atoms. The molecule has 0 aliphatic rings. The van der Waals surface area contributed by atoms with Crippen molar-refractivity contribution < 1.29 is 15.2 Å². The highest BCUT2D eigenvalue weighted by molar-refractivity contribution is 5.82. The molecule has 0 aromatic heterocycles. The lowest BCUT2D eigenvalue weighted by molar-refractivity contribution is -0.991. The van der Waals surface area contributed by atoms with Gasteiger partial charge in [-0.25, -0.2) is 5.21 Å². The lowest BCUT2D eigenvalue weighted by atomic mass is 9.91. The van der Waals surface area contributed by atoms with Crippen LogP contribution in [0, 0.1) is 5.21 Å². The highest BCUT2D eigenvalue weighted by Gasteiger charge is 2.18. The Morgan fingerprint density at radius 1 is 1.15 bits per heavy atom. The quantitative estimate of drug-likeness (QED) is 0.706. The summed E-state index contributed by atoms with van der Waals surface area (Å²) in [6.07, 6.45) is 0.458. The number of hydrogen-bond acceptors (Lipinski definition) is 3. The average Bonchev–Trinajstić information content (AvgIpc) is 2.46. The predicted molar refractivity (Wildman–Crippen MR) is 74.3 cm³/mol. The number of quaternary nitrogens is 1. The Labute approximate surface area is 116 Å². The number of amides is 1. The summed E-state index contributed by atoms with van der Waals surface area (Å²) in [5.74, 6) is -0.801. The van der Waals surface area contributed by atoms with Gasteiger partial charge in [0.05, 0.1) is 5.92 Å². The first-order valence-electron chi connectivity index (χ1n) is 6.24. The number of carbonyl (C=O) groups excluding carboxylic acids is 1. The number of carbonyl (C=O) groups is 1. The standard InChI is InChI=1S/C15H16N2O3/c16-15(18)14(12-4-2-1-3-5-12)10-11-6-8-13(9-7-11)17(19)20/h1-9,14,17,19H,10H2,(H2,16,18)/t14-/m0/s1. The minimum Gasteiger partial charge on any atom is -0.595 e. The third kappa shape index (κ3) is 3.42. The van der Waals surface area contributed by atoms with Crippen LogP contribution in [0.5, 0.6) is 0 Å². The van der Waals surface area contributed by atoms with Gasteiger partial charge >= 0.3 is 0 Å². The highest BCUT2D eigenvalue weighted by Crippen LogP contribution is 2.21. The van der Waals surface area contributed by atoms with Gasteiger partial charge in [0.2, 0.25) is 5.91 Å². The van der Waals surface area contributed by atoms with E-state index in [0.717, 1.165) is 11.1 Å². The van der Waals surface area contributed by atoms with Crippen molar-refractivity contribution in [2.24, 2.45) is 5.73 Å². The molecular weight excluding hydrogens is 256 g/mol. The molecule has 2 aromatic rings. The number of benzene rings is 2. The SMILES string of the molecule is NC(=O)[C@@H](Cc1ccc([NH+]([O-])O)cc1)c1ccccc1. The molecule has 0 aliphatic heterocycles. The lowest BCUT2D eigenvalue weighted by Crippen LogP contribution is -2.99. The second kappa shape index (κ2) is 6.29. The molecule has 104 valence electrons. The Kier molecular flexibility index (Phi) is 4.47. The molecule has 0 saturated carbocycles. The second-order valence-corrected chi connectivity index (χ2v) is 4.57. The molecule has 1 unspecified atom stereocenters. The third-order valence-electron chi connectivity index (χ3n) is 3.19. The fourth-order valence-corrected chi connectivity index (χ4v) is 2.09. The molecule has 0 radical (unpaired) electrons. The Bertz CT molecular complexity index is 567. The van der Waals surface area contributed by atoms with Crippen LogP contribution in [-0.2, 0) is 11.2 Å². The summed E-state index contributed by atoms with van der Waals surface area (Å²) in [4.78, 5) is 11.6. The molecule has 0 saturated heterocycles. The van der Waals surface area contributed by atoms with Crippen molar-refractivity contribution in [3.05, 3.63) is 70.9 Å². The van der Waals surface area contributed by atoms with Crippen LogP contribution >= 0.6 is 0 Å². The van der Waals surface area contributed by atoms with E-state index in [-0.39, 0.29) is 5.69 Å². The van der Waals surface area contributed by atoms with Crippen LogP contribution in [0.2, 0.25) is 0 Å². The van der Waals surface area contributed by atoms with Gasteiger partial charge in [0.25, 0.3) is 0 Å². The summed E-state index contributed by atoms with van der Waals surface area (Å²) < 4.78 is 0. The zero-order valence-corrected chi connectivity index (χ0v) is 10.8. The lowest BCUT2D eigenvalue weighted by Gasteiger charge is -2.15. The maximum Gasteiger partial charge on any atom is 0.225 e. The van der Waals surface area contributed by atoms with Crippen molar-refractivity contribution in [3.8, 4) is 0 Å². The van der Waals surface area contributed by atoms with Crippen molar-refractivity contribution in [2.75, 3.05) is 0 Å². The molecule has 2 rings (SSSR count). The minimum atomic E-state index is -0.967. The van der Waals surface area contributed by atoms with Gasteiger partial charge in [0.15, 0.2) is 5.69 Å². The van der Waals surface area contributed by atoms with E-state index < -0.39 is 17.1 Å². The van der Waals surface area contributed by atoms with E-state index in [2.05, 4.69) is 0 Å². The van der Waals surface area contributed by atoms with E-state index in [1.807, 2.05) is 30.3 Å². The summed E-state index contributed by atoms with van der Waals surface area (Å²) in [7, 11) is 0. The van der Waals surface area contributed by atoms with Crippen LogP contribution in [0.1, 0.15) is 17.0 Å². The van der Waals surface area contributed by atoms with E-state index in [9.17, 15) is 10.0 Å². The zero-order valence-electron chi connectivity index (χ0n) is 10.8. The van der Waals surface area contributed by atoms with Crippen LogP contribution in [0.3, 0.4) is 0 Å². The normalized spacial score (nSPS) is 13.7.